The molecular formula is C15H21NO2. The van der Waals surface area contributed by atoms with Crippen molar-refractivity contribution in [2.75, 3.05) is 0 Å². The molecular weight excluding hydrogens is 226 g/mol. The van der Waals surface area contributed by atoms with Gasteiger partial charge in [-0.2, -0.15) is 0 Å². The Hall–Kier alpha value is -1.64. The number of rotatable bonds is 1. The molecule has 18 heavy (non-hydrogen) atoms. The molecule has 2 rings (SSSR count). The minimum Gasteiger partial charge on any atom is -0.272 e. The number of imide groups is 1. The number of amides is 2. The Morgan fingerprint density at radius 2 is 1.61 bits per heavy atom. The lowest BCUT2D eigenvalue weighted by atomic mass is 10.1. The largest absolute Gasteiger partial charge is 0.272 e. The molecule has 0 aromatic rings. The van der Waals surface area contributed by atoms with Crippen LogP contribution in [0.4, 0.5) is 0 Å². The van der Waals surface area contributed by atoms with Gasteiger partial charge in [0, 0.05) is 11.6 Å². The van der Waals surface area contributed by atoms with Gasteiger partial charge in [-0.25, -0.2) is 0 Å². The summed E-state index contributed by atoms with van der Waals surface area (Å²) in [7, 11) is 0. The SMILES string of the molecule is CC.CC1=CC=C2C(=O)N(C(C)C)C(=O)C2=CC1. The fourth-order valence-electron chi connectivity index (χ4n) is 1.97. The minimum atomic E-state index is -0.169. The van der Waals surface area contributed by atoms with Crippen molar-refractivity contribution in [3.8, 4) is 0 Å². The fourth-order valence-corrected chi connectivity index (χ4v) is 1.97. The molecule has 0 aromatic carbocycles. The van der Waals surface area contributed by atoms with Crippen LogP contribution in [0.15, 0.2) is 34.9 Å². The molecule has 98 valence electrons. The average molecular weight is 247 g/mol. The number of carbonyl (C=O) groups is 2. The van der Waals surface area contributed by atoms with Gasteiger partial charge in [0.25, 0.3) is 11.8 Å². The maximum Gasteiger partial charge on any atom is 0.261 e. The maximum absolute atomic E-state index is 12.0. The van der Waals surface area contributed by atoms with Crippen LogP contribution in [0, 0.1) is 0 Å². The molecule has 1 aliphatic heterocycles. The summed E-state index contributed by atoms with van der Waals surface area (Å²) < 4.78 is 0. The highest BCUT2D eigenvalue weighted by Gasteiger charge is 2.39. The van der Waals surface area contributed by atoms with Crippen molar-refractivity contribution in [1.82, 2.24) is 4.90 Å². The van der Waals surface area contributed by atoms with E-state index in [0.717, 1.165) is 12.0 Å². The van der Waals surface area contributed by atoms with Gasteiger partial charge >= 0.3 is 0 Å². The molecule has 0 unspecified atom stereocenters. The molecule has 1 heterocycles. The zero-order chi connectivity index (χ0) is 13.9. The molecule has 1 saturated heterocycles. The summed E-state index contributed by atoms with van der Waals surface area (Å²) in [6, 6.07) is -0.0844. The zero-order valence-electron chi connectivity index (χ0n) is 11.8. The Morgan fingerprint density at radius 1 is 1.06 bits per heavy atom. The number of fused-ring (bicyclic) bond motifs is 1. The van der Waals surface area contributed by atoms with Gasteiger partial charge in [-0.05, 0) is 33.3 Å². The van der Waals surface area contributed by atoms with Crippen LogP contribution >= 0.6 is 0 Å². The van der Waals surface area contributed by atoms with Crippen molar-refractivity contribution in [2.24, 2.45) is 0 Å². The fraction of sp³-hybridized carbons (Fsp3) is 0.467. The summed E-state index contributed by atoms with van der Waals surface area (Å²) in [6.45, 7) is 9.69. The van der Waals surface area contributed by atoms with E-state index in [0.29, 0.717) is 11.1 Å². The second-order valence-electron chi connectivity index (χ2n) is 4.49. The topological polar surface area (TPSA) is 37.4 Å². The third-order valence-electron chi connectivity index (χ3n) is 2.87. The molecule has 2 aliphatic rings. The number of allylic oxidation sites excluding steroid dienone is 4. The van der Waals surface area contributed by atoms with E-state index in [9.17, 15) is 9.59 Å². The lowest BCUT2D eigenvalue weighted by Crippen LogP contribution is -2.35. The van der Waals surface area contributed by atoms with Crippen molar-refractivity contribution >= 4 is 11.8 Å². The van der Waals surface area contributed by atoms with Gasteiger partial charge in [-0.1, -0.05) is 31.6 Å². The second kappa shape index (κ2) is 5.80. The maximum atomic E-state index is 12.0. The molecule has 3 heteroatoms. The molecule has 0 atom stereocenters. The summed E-state index contributed by atoms with van der Waals surface area (Å²) >= 11 is 0. The van der Waals surface area contributed by atoms with Crippen LogP contribution in [0.5, 0.6) is 0 Å². The average Bonchev–Trinajstić information content (AvgIpc) is 2.49. The molecule has 0 spiro atoms. The van der Waals surface area contributed by atoms with E-state index in [4.69, 9.17) is 0 Å². The van der Waals surface area contributed by atoms with Crippen molar-refractivity contribution in [3.05, 3.63) is 34.9 Å². The summed E-state index contributed by atoms with van der Waals surface area (Å²) in [6.07, 6.45) is 6.26. The van der Waals surface area contributed by atoms with Crippen LogP contribution in [-0.2, 0) is 9.59 Å². The molecule has 0 saturated carbocycles. The first-order valence-corrected chi connectivity index (χ1v) is 6.48. The summed E-state index contributed by atoms with van der Waals surface area (Å²) in [5.41, 5.74) is 2.26. The van der Waals surface area contributed by atoms with Crippen molar-refractivity contribution in [3.63, 3.8) is 0 Å². The van der Waals surface area contributed by atoms with E-state index in [1.165, 1.54) is 4.90 Å². The first-order chi connectivity index (χ1) is 8.52. The molecule has 3 nitrogen and oxygen atoms in total. The number of hydrogen-bond donors (Lipinski definition) is 0. The number of carbonyl (C=O) groups excluding carboxylic acids is 2. The third-order valence-corrected chi connectivity index (χ3v) is 2.87. The van der Waals surface area contributed by atoms with E-state index < -0.39 is 0 Å². The highest BCUT2D eigenvalue weighted by molar-refractivity contribution is 6.24. The summed E-state index contributed by atoms with van der Waals surface area (Å²) in [5, 5.41) is 0. The summed E-state index contributed by atoms with van der Waals surface area (Å²) in [5.74, 6) is -0.327. The van der Waals surface area contributed by atoms with Gasteiger partial charge in [-0.15, -0.1) is 0 Å². The van der Waals surface area contributed by atoms with Crippen molar-refractivity contribution in [2.45, 2.75) is 47.1 Å². The lowest BCUT2D eigenvalue weighted by Gasteiger charge is -2.17. The smallest absolute Gasteiger partial charge is 0.261 e. The van der Waals surface area contributed by atoms with Crippen LogP contribution in [-0.4, -0.2) is 22.8 Å². The Bertz CT molecular complexity index is 453. The van der Waals surface area contributed by atoms with Crippen LogP contribution in [0.2, 0.25) is 0 Å². The Kier molecular flexibility index (Phi) is 4.65. The van der Waals surface area contributed by atoms with E-state index in [1.54, 1.807) is 6.08 Å². The van der Waals surface area contributed by atoms with Gasteiger partial charge in [0.05, 0.1) is 5.57 Å². The molecule has 1 fully saturated rings. The Labute approximate surface area is 109 Å². The molecule has 2 amide bonds. The second-order valence-corrected chi connectivity index (χ2v) is 4.49. The number of hydrogen-bond acceptors (Lipinski definition) is 2. The number of likely N-dealkylation sites (tertiary alicyclic amines) is 1. The van der Waals surface area contributed by atoms with Crippen LogP contribution < -0.4 is 0 Å². The predicted octanol–water partition coefficient (Wildman–Crippen LogP) is 2.99. The van der Waals surface area contributed by atoms with Gasteiger partial charge < -0.3 is 0 Å². The molecule has 0 aromatic heterocycles. The van der Waals surface area contributed by atoms with Gasteiger partial charge in [0.15, 0.2) is 0 Å². The quantitative estimate of drug-likeness (QED) is 0.668. The van der Waals surface area contributed by atoms with Gasteiger partial charge in [0.1, 0.15) is 0 Å². The molecule has 0 radical (unpaired) electrons. The standard InChI is InChI=1S/C13H15NO2.C2H6/c1-8(2)14-12(15)10-6-4-9(3)5-7-11(10)13(14)16;1-2/h4,6-8H,5H2,1-3H3;1-2H3. The predicted molar refractivity (Wildman–Crippen MR) is 72.9 cm³/mol. The highest BCUT2D eigenvalue weighted by Crippen LogP contribution is 2.29. The zero-order valence-corrected chi connectivity index (χ0v) is 11.8. The van der Waals surface area contributed by atoms with Crippen LogP contribution in [0.25, 0.3) is 0 Å². The lowest BCUT2D eigenvalue weighted by molar-refractivity contribution is -0.138. The molecule has 0 bridgehead atoms. The van der Waals surface area contributed by atoms with Gasteiger partial charge in [-0.3, -0.25) is 14.5 Å². The van der Waals surface area contributed by atoms with E-state index in [2.05, 4.69) is 0 Å². The van der Waals surface area contributed by atoms with Crippen LogP contribution in [0.3, 0.4) is 0 Å². The first kappa shape index (κ1) is 14.4. The highest BCUT2D eigenvalue weighted by atomic mass is 16.2. The van der Waals surface area contributed by atoms with Crippen molar-refractivity contribution < 1.29 is 9.59 Å². The van der Waals surface area contributed by atoms with Crippen LogP contribution in [0.1, 0.15) is 41.0 Å². The minimum absolute atomic E-state index is 0.0844. The summed E-state index contributed by atoms with van der Waals surface area (Å²) in [4.78, 5) is 25.4. The first-order valence-electron chi connectivity index (χ1n) is 6.48. The monoisotopic (exact) mass is 247 g/mol. The third kappa shape index (κ3) is 2.45. The van der Waals surface area contributed by atoms with E-state index in [-0.39, 0.29) is 17.9 Å². The normalized spacial score (nSPS) is 18.6. The number of nitrogens with zero attached hydrogens (tertiary/aromatic N) is 1. The van der Waals surface area contributed by atoms with E-state index in [1.807, 2.05) is 46.8 Å². The van der Waals surface area contributed by atoms with E-state index >= 15 is 0 Å². The molecule has 0 N–H and O–H groups in total. The van der Waals surface area contributed by atoms with Crippen molar-refractivity contribution in [1.29, 1.82) is 0 Å². The Balaban J connectivity index is 0.000000771. The molecule has 1 aliphatic carbocycles. The van der Waals surface area contributed by atoms with Gasteiger partial charge in [0.2, 0.25) is 0 Å². The Morgan fingerprint density at radius 3 is 2.17 bits per heavy atom.